The summed E-state index contributed by atoms with van der Waals surface area (Å²) in [7, 11) is 0. The SMILES string of the molecule is CC(C)(C)OC(=O)N1CCC(Sc2ccc([N+](=O)[O-])c(C(F)(F)F)c2)CC1. The number of hydrogen-bond donors (Lipinski definition) is 0. The van der Waals surface area contributed by atoms with Crippen LogP contribution in [0.5, 0.6) is 0 Å². The third kappa shape index (κ3) is 6.02. The van der Waals surface area contributed by atoms with E-state index in [1.165, 1.54) is 17.8 Å². The number of amides is 1. The van der Waals surface area contributed by atoms with Gasteiger partial charge in [0, 0.05) is 29.3 Å². The number of carbonyl (C=O) groups excluding carboxylic acids is 1. The maximum atomic E-state index is 13.1. The van der Waals surface area contributed by atoms with E-state index in [0.717, 1.165) is 12.1 Å². The minimum atomic E-state index is -4.79. The van der Waals surface area contributed by atoms with E-state index < -0.39 is 34.0 Å². The van der Waals surface area contributed by atoms with Crippen molar-refractivity contribution in [1.29, 1.82) is 0 Å². The molecule has 1 aliphatic heterocycles. The van der Waals surface area contributed by atoms with Crippen molar-refractivity contribution in [2.45, 2.75) is 55.5 Å². The zero-order valence-corrected chi connectivity index (χ0v) is 16.0. The first kappa shape index (κ1) is 21.3. The van der Waals surface area contributed by atoms with E-state index in [0.29, 0.717) is 30.8 Å². The minimum absolute atomic E-state index is 0.0197. The average Bonchev–Trinajstić information content (AvgIpc) is 2.53. The standard InChI is InChI=1S/C17H21F3N2O4S/c1-16(2,3)26-15(23)21-8-6-11(7-9-21)27-12-4-5-14(22(24)25)13(10-12)17(18,19)20/h4-5,10-11H,6-9H2,1-3H3. The Bertz CT molecular complexity index is 711. The zero-order valence-electron chi connectivity index (χ0n) is 15.2. The molecule has 2 rings (SSSR count). The summed E-state index contributed by atoms with van der Waals surface area (Å²) in [5.74, 6) is 0. The van der Waals surface area contributed by atoms with Gasteiger partial charge in [0.1, 0.15) is 11.2 Å². The predicted molar refractivity (Wildman–Crippen MR) is 94.8 cm³/mol. The number of ether oxygens (including phenoxy) is 1. The summed E-state index contributed by atoms with van der Waals surface area (Å²) in [4.78, 5) is 23.7. The average molecular weight is 406 g/mol. The summed E-state index contributed by atoms with van der Waals surface area (Å²) in [6.45, 7) is 6.23. The minimum Gasteiger partial charge on any atom is -0.444 e. The van der Waals surface area contributed by atoms with Crippen molar-refractivity contribution in [2.24, 2.45) is 0 Å². The highest BCUT2D eigenvalue weighted by Crippen LogP contribution is 2.40. The number of nitro groups is 1. The Labute approximate surface area is 159 Å². The number of likely N-dealkylation sites (tertiary alicyclic amines) is 1. The molecule has 1 saturated heterocycles. The number of benzene rings is 1. The van der Waals surface area contributed by atoms with Crippen LogP contribution in [0.25, 0.3) is 0 Å². The first-order valence-electron chi connectivity index (χ1n) is 8.37. The Kier molecular flexibility index (Phi) is 6.28. The summed E-state index contributed by atoms with van der Waals surface area (Å²) in [6, 6.07) is 3.04. The van der Waals surface area contributed by atoms with Crippen LogP contribution in [-0.2, 0) is 10.9 Å². The molecule has 10 heteroatoms. The first-order valence-corrected chi connectivity index (χ1v) is 9.25. The van der Waals surface area contributed by atoms with Gasteiger partial charge in [-0.3, -0.25) is 10.1 Å². The summed E-state index contributed by atoms with van der Waals surface area (Å²) >= 11 is 1.24. The van der Waals surface area contributed by atoms with Gasteiger partial charge in [-0.15, -0.1) is 11.8 Å². The van der Waals surface area contributed by atoms with Crippen molar-refractivity contribution < 1.29 is 27.6 Å². The number of alkyl halides is 3. The lowest BCUT2D eigenvalue weighted by Crippen LogP contribution is -2.42. The van der Waals surface area contributed by atoms with Crippen LogP contribution in [0.3, 0.4) is 0 Å². The van der Waals surface area contributed by atoms with Gasteiger partial charge in [-0.2, -0.15) is 13.2 Å². The molecule has 0 aliphatic carbocycles. The molecule has 1 amide bonds. The van der Waals surface area contributed by atoms with Gasteiger partial charge in [0.2, 0.25) is 0 Å². The van der Waals surface area contributed by atoms with Crippen molar-refractivity contribution in [3.05, 3.63) is 33.9 Å². The molecule has 150 valence electrons. The number of nitrogens with zero attached hydrogens (tertiary/aromatic N) is 2. The summed E-state index contributed by atoms with van der Waals surface area (Å²) in [5, 5.41) is 10.8. The lowest BCUT2D eigenvalue weighted by Gasteiger charge is -2.33. The molecule has 1 fully saturated rings. The van der Waals surface area contributed by atoms with Gasteiger partial charge in [0.15, 0.2) is 0 Å². The topological polar surface area (TPSA) is 72.7 Å². The Hall–Kier alpha value is -1.97. The lowest BCUT2D eigenvalue weighted by molar-refractivity contribution is -0.388. The van der Waals surface area contributed by atoms with Crippen molar-refractivity contribution in [1.82, 2.24) is 4.90 Å². The summed E-state index contributed by atoms with van der Waals surface area (Å²) in [5.41, 5.74) is -2.79. The highest BCUT2D eigenvalue weighted by atomic mass is 32.2. The second-order valence-corrected chi connectivity index (χ2v) is 8.59. The normalized spacial score (nSPS) is 16.3. The van der Waals surface area contributed by atoms with E-state index in [9.17, 15) is 28.1 Å². The second kappa shape index (κ2) is 7.95. The molecule has 6 nitrogen and oxygen atoms in total. The zero-order chi connectivity index (χ0) is 20.4. The van der Waals surface area contributed by atoms with Gasteiger partial charge in [-0.25, -0.2) is 4.79 Å². The van der Waals surface area contributed by atoms with Crippen LogP contribution in [0.4, 0.5) is 23.7 Å². The third-order valence-corrected chi connectivity index (χ3v) is 5.20. The number of rotatable bonds is 3. The molecule has 0 atom stereocenters. The van der Waals surface area contributed by atoms with Crippen molar-refractivity contribution >= 4 is 23.5 Å². The second-order valence-electron chi connectivity index (χ2n) is 7.22. The molecule has 27 heavy (non-hydrogen) atoms. The number of halogens is 3. The largest absolute Gasteiger partial charge is 0.444 e. The molecular formula is C17H21F3N2O4S. The molecule has 0 aromatic heterocycles. The summed E-state index contributed by atoms with van der Waals surface area (Å²) in [6.07, 6.45) is -4.00. The highest BCUT2D eigenvalue weighted by molar-refractivity contribution is 8.00. The van der Waals surface area contributed by atoms with Crippen LogP contribution in [0.15, 0.2) is 23.1 Å². The number of thioether (sulfide) groups is 1. The Morgan fingerprint density at radius 3 is 2.33 bits per heavy atom. The summed E-state index contributed by atoms with van der Waals surface area (Å²) < 4.78 is 44.5. The smallest absolute Gasteiger partial charge is 0.423 e. The Balaban J connectivity index is 2.01. The monoisotopic (exact) mass is 406 g/mol. The number of nitro benzene ring substituents is 1. The van der Waals surface area contributed by atoms with Crippen LogP contribution in [0.2, 0.25) is 0 Å². The van der Waals surface area contributed by atoms with E-state index in [1.54, 1.807) is 25.7 Å². The molecular weight excluding hydrogens is 385 g/mol. The number of piperidine rings is 1. The lowest BCUT2D eigenvalue weighted by atomic mass is 10.1. The maximum Gasteiger partial charge on any atom is 0.423 e. The first-order chi connectivity index (χ1) is 12.4. The van der Waals surface area contributed by atoms with E-state index in [-0.39, 0.29) is 5.25 Å². The Morgan fingerprint density at radius 2 is 1.85 bits per heavy atom. The molecule has 0 spiro atoms. The number of carbonyl (C=O) groups is 1. The quantitative estimate of drug-likeness (QED) is 0.515. The highest BCUT2D eigenvalue weighted by Gasteiger charge is 2.38. The van der Waals surface area contributed by atoms with Gasteiger partial charge in [0.25, 0.3) is 5.69 Å². The molecule has 0 bridgehead atoms. The molecule has 1 heterocycles. The van der Waals surface area contributed by atoms with E-state index in [1.807, 2.05) is 0 Å². The molecule has 1 aliphatic rings. The fourth-order valence-electron chi connectivity index (χ4n) is 2.65. The molecule has 1 aromatic rings. The van der Waals surface area contributed by atoms with Gasteiger partial charge in [-0.1, -0.05) is 0 Å². The predicted octanol–water partition coefficient (Wildman–Crippen LogP) is 5.11. The number of hydrogen-bond acceptors (Lipinski definition) is 5. The van der Waals surface area contributed by atoms with Crippen molar-refractivity contribution in [3.63, 3.8) is 0 Å². The molecule has 1 aromatic carbocycles. The van der Waals surface area contributed by atoms with Crippen LogP contribution in [0, 0.1) is 10.1 Å². The maximum absolute atomic E-state index is 13.1. The van der Waals surface area contributed by atoms with Gasteiger partial charge in [-0.05, 0) is 45.7 Å². The van der Waals surface area contributed by atoms with Gasteiger partial charge < -0.3 is 9.64 Å². The van der Waals surface area contributed by atoms with Gasteiger partial charge in [0.05, 0.1) is 4.92 Å². The Morgan fingerprint density at radius 1 is 1.26 bits per heavy atom. The van der Waals surface area contributed by atoms with Crippen LogP contribution in [0.1, 0.15) is 39.2 Å². The van der Waals surface area contributed by atoms with Crippen LogP contribution in [-0.4, -0.2) is 39.9 Å². The van der Waals surface area contributed by atoms with E-state index >= 15 is 0 Å². The van der Waals surface area contributed by atoms with Gasteiger partial charge >= 0.3 is 12.3 Å². The molecule has 0 N–H and O–H groups in total. The van der Waals surface area contributed by atoms with Crippen molar-refractivity contribution in [2.75, 3.05) is 13.1 Å². The van der Waals surface area contributed by atoms with Crippen LogP contribution < -0.4 is 0 Å². The fourth-order valence-corrected chi connectivity index (χ4v) is 3.81. The third-order valence-electron chi connectivity index (χ3n) is 3.87. The fraction of sp³-hybridized carbons (Fsp3) is 0.588. The molecule has 0 unspecified atom stereocenters. The molecule has 0 saturated carbocycles. The van der Waals surface area contributed by atoms with E-state index in [2.05, 4.69) is 0 Å². The van der Waals surface area contributed by atoms with Crippen LogP contribution >= 0.6 is 11.8 Å². The van der Waals surface area contributed by atoms with E-state index in [4.69, 9.17) is 4.74 Å². The van der Waals surface area contributed by atoms with Crippen molar-refractivity contribution in [3.8, 4) is 0 Å². The molecule has 0 radical (unpaired) electrons.